The van der Waals surface area contributed by atoms with Crippen LogP contribution in [0.15, 0.2) is 29.3 Å². The van der Waals surface area contributed by atoms with Crippen LogP contribution in [0.5, 0.6) is 5.75 Å². The number of thioether (sulfide) groups is 2. The SMILES string of the molecule is O=C(CSC1=NCCS1)Nc1ccccc1O. The van der Waals surface area contributed by atoms with E-state index in [1.54, 1.807) is 36.0 Å². The van der Waals surface area contributed by atoms with Crippen LogP contribution in [-0.4, -0.2) is 33.4 Å². The van der Waals surface area contributed by atoms with Gasteiger partial charge in [0.25, 0.3) is 0 Å². The van der Waals surface area contributed by atoms with Gasteiger partial charge in [0.15, 0.2) is 0 Å². The Morgan fingerprint density at radius 1 is 1.53 bits per heavy atom. The number of phenols is 1. The number of carbonyl (C=O) groups is 1. The highest BCUT2D eigenvalue weighted by Gasteiger charge is 2.11. The number of aliphatic imine (C=N–C) groups is 1. The molecular weight excluding hydrogens is 256 g/mol. The number of nitrogens with one attached hydrogen (secondary N) is 1. The molecule has 0 bridgehead atoms. The zero-order valence-electron chi connectivity index (χ0n) is 9.05. The van der Waals surface area contributed by atoms with Crippen molar-refractivity contribution in [2.75, 3.05) is 23.4 Å². The van der Waals surface area contributed by atoms with E-state index < -0.39 is 0 Å². The third-order valence-corrected chi connectivity index (χ3v) is 4.32. The summed E-state index contributed by atoms with van der Waals surface area (Å²) in [4.78, 5) is 15.9. The summed E-state index contributed by atoms with van der Waals surface area (Å²) in [5.41, 5.74) is 0.444. The smallest absolute Gasteiger partial charge is 0.234 e. The first kappa shape index (κ1) is 12.3. The molecule has 0 saturated carbocycles. The van der Waals surface area contributed by atoms with Crippen LogP contribution in [0.3, 0.4) is 0 Å². The average molecular weight is 268 g/mol. The fourth-order valence-electron chi connectivity index (χ4n) is 1.30. The molecule has 0 fully saturated rings. The summed E-state index contributed by atoms with van der Waals surface area (Å²) < 4.78 is 0.970. The molecule has 1 aromatic rings. The molecule has 4 nitrogen and oxygen atoms in total. The highest BCUT2D eigenvalue weighted by Crippen LogP contribution is 2.24. The molecule has 0 unspecified atom stereocenters. The number of benzene rings is 1. The lowest BCUT2D eigenvalue weighted by Crippen LogP contribution is -2.14. The van der Waals surface area contributed by atoms with Crippen molar-refractivity contribution < 1.29 is 9.90 Å². The van der Waals surface area contributed by atoms with Crippen LogP contribution in [-0.2, 0) is 4.79 Å². The Morgan fingerprint density at radius 2 is 2.35 bits per heavy atom. The molecule has 1 aliphatic rings. The third-order valence-electron chi connectivity index (χ3n) is 2.06. The van der Waals surface area contributed by atoms with Gasteiger partial charge in [0.05, 0.1) is 18.0 Å². The van der Waals surface area contributed by atoms with Crippen LogP contribution < -0.4 is 5.32 Å². The fourth-order valence-corrected chi connectivity index (χ4v) is 3.10. The van der Waals surface area contributed by atoms with Crippen LogP contribution >= 0.6 is 23.5 Å². The van der Waals surface area contributed by atoms with Crippen molar-refractivity contribution in [3.05, 3.63) is 24.3 Å². The molecular formula is C11H12N2O2S2. The van der Waals surface area contributed by atoms with Crippen LogP contribution in [0.1, 0.15) is 0 Å². The topological polar surface area (TPSA) is 61.7 Å². The molecule has 1 amide bonds. The second kappa shape index (κ2) is 5.97. The number of anilines is 1. The molecule has 0 spiro atoms. The number of aromatic hydroxyl groups is 1. The summed E-state index contributed by atoms with van der Waals surface area (Å²) in [6, 6.07) is 6.68. The van der Waals surface area contributed by atoms with E-state index in [9.17, 15) is 9.90 Å². The minimum atomic E-state index is -0.133. The highest BCUT2D eigenvalue weighted by molar-refractivity contribution is 8.39. The maximum Gasteiger partial charge on any atom is 0.234 e. The Kier molecular flexibility index (Phi) is 4.33. The quantitative estimate of drug-likeness (QED) is 0.825. The molecule has 0 aliphatic carbocycles. The Balaban J connectivity index is 1.83. The van der Waals surface area contributed by atoms with Gasteiger partial charge in [0, 0.05) is 5.75 Å². The van der Waals surface area contributed by atoms with E-state index >= 15 is 0 Å². The molecule has 1 aliphatic heterocycles. The van der Waals surface area contributed by atoms with Gasteiger partial charge in [-0.3, -0.25) is 9.79 Å². The standard InChI is InChI=1S/C11H12N2O2S2/c14-9-4-2-1-3-8(9)13-10(15)7-17-11-12-5-6-16-11/h1-4,14H,5-7H2,(H,13,15). The minimum absolute atomic E-state index is 0.0819. The van der Waals surface area contributed by atoms with E-state index in [4.69, 9.17) is 0 Å². The molecule has 0 atom stereocenters. The number of carbonyl (C=O) groups excluding carboxylic acids is 1. The Morgan fingerprint density at radius 3 is 3.06 bits per heavy atom. The van der Waals surface area contributed by atoms with Crippen LogP contribution in [0, 0.1) is 0 Å². The first-order valence-corrected chi connectivity index (χ1v) is 7.11. The molecule has 2 rings (SSSR count). The molecule has 0 saturated heterocycles. The lowest BCUT2D eigenvalue weighted by Gasteiger charge is -2.06. The fraction of sp³-hybridized carbons (Fsp3) is 0.273. The number of hydrogen-bond acceptors (Lipinski definition) is 5. The minimum Gasteiger partial charge on any atom is -0.506 e. The zero-order valence-corrected chi connectivity index (χ0v) is 10.7. The molecule has 0 radical (unpaired) electrons. The maximum absolute atomic E-state index is 11.6. The van der Waals surface area contributed by atoms with Crippen molar-refractivity contribution >= 4 is 39.5 Å². The van der Waals surface area contributed by atoms with Crippen molar-refractivity contribution in [3.8, 4) is 5.75 Å². The predicted molar refractivity (Wildman–Crippen MR) is 74.0 cm³/mol. The van der Waals surface area contributed by atoms with E-state index in [0.29, 0.717) is 11.4 Å². The Hall–Kier alpha value is -1.14. The molecule has 0 aromatic heterocycles. The molecule has 90 valence electrons. The lowest BCUT2D eigenvalue weighted by atomic mass is 10.3. The summed E-state index contributed by atoms with van der Waals surface area (Å²) in [5, 5.41) is 12.1. The zero-order chi connectivity index (χ0) is 12.1. The summed E-state index contributed by atoms with van der Waals surface area (Å²) >= 11 is 3.11. The number of phenolic OH excluding ortho intramolecular Hbond substituents is 1. The summed E-state index contributed by atoms with van der Waals surface area (Å²) in [6.45, 7) is 0.841. The van der Waals surface area contributed by atoms with Crippen molar-refractivity contribution in [1.82, 2.24) is 0 Å². The normalized spacial score (nSPS) is 14.5. The number of hydrogen-bond donors (Lipinski definition) is 2. The Labute approximate surface area is 108 Å². The van der Waals surface area contributed by atoms with Gasteiger partial charge in [0.2, 0.25) is 5.91 Å². The molecule has 6 heteroatoms. The lowest BCUT2D eigenvalue weighted by molar-refractivity contribution is -0.113. The van der Waals surface area contributed by atoms with E-state index in [0.717, 1.165) is 16.7 Å². The van der Waals surface area contributed by atoms with Crippen LogP contribution in [0.2, 0.25) is 0 Å². The van der Waals surface area contributed by atoms with Crippen molar-refractivity contribution in [3.63, 3.8) is 0 Å². The number of rotatable bonds is 3. The van der Waals surface area contributed by atoms with E-state index in [2.05, 4.69) is 10.3 Å². The van der Waals surface area contributed by atoms with E-state index in [1.807, 2.05) is 0 Å². The van der Waals surface area contributed by atoms with Gasteiger partial charge < -0.3 is 10.4 Å². The molecule has 17 heavy (non-hydrogen) atoms. The second-order valence-electron chi connectivity index (χ2n) is 3.35. The van der Waals surface area contributed by atoms with Crippen molar-refractivity contribution in [1.29, 1.82) is 0 Å². The number of nitrogens with zero attached hydrogens (tertiary/aromatic N) is 1. The van der Waals surface area contributed by atoms with Gasteiger partial charge in [-0.05, 0) is 12.1 Å². The van der Waals surface area contributed by atoms with Gasteiger partial charge in [-0.25, -0.2) is 0 Å². The molecule has 1 aromatic carbocycles. The van der Waals surface area contributed by atoms with Gasteiger partial charge in [-0.15, -0.1) is 0 Å². The van der Waals surface area contributed by atoms with Gasteiger partial charge in [0.1, 0.15) is 10.1 Å². The molecule has 2 N–H and O–H groups in total. The van der Waals surface area contributed by atoms with Crippen molar-refractivity contribution in [2.45, 2.75) is 0 Å². The van der Waals surface area contributed by atoms with Gasteiger partial charge in [-0.1, -0.05) is 35.7 Å². The largest absolute Gasteiger partial charge is 0.506 e. The summed E-state index contributed by atoms with van der Waals surface area (Å²) in [6.07, 6.45) is 0. The first-order chi connectivity index (χ1) is 8.25. The average Bonchev–Trinajstić information content (AvgIpc) is 2.82. The van der Waals surface area contributed by atoms with Crippen molar-refractivity contribution in [2.24, 2.45) is 4.99 Å². The maximum atomic E-state index is 11.6. The first-order valence-electron chi connectivity index (χ1n) is 5.13. The van der Waals surface area contributed by atoms with Gasteiger partial charge in [-0.2, -0.15) is 0 Å². The molecule has 1 heterocycles. The van der Waals surface area contributed by atoms with Gasteiger partial charge >= 0.3 is 0 Å². The van der Waals surface area contributed by atoms with E-state index in [1.165, 1.54) is 11.8 Å². The van der Waals surface area contributed by atoms with Crippen LogP contribution in [0.4, 0.5) is 5.69 Å². The third kappa shape index (κ3) is 3.67. The van der Waals surface area contributed by atoms with E-state index in [-0.39, 0.29) is 11.7 Å². The predicted octanol–water partition coefficient (Wildman–Crippen LogP) is 2.17. The number of amides is 1. The second-order valence-corrected chi connectivity index (χ2v) is 5.66. The summed E-state index contributed by atoms with van der Waals surface area (Å²) in [5.74, 6) is 1.27. The summed E-state index contributed by atoms with van der Waals surface area (Å²) in [7, 11) is 0. The monoisotopic (exact) mass is 268 g/mol. The van der Waals surface area contributed by atoms with Crippen LogP contribution in [0.25, 0.3) is 0 Å². The number of para-hydroxylation sites is 2. The highest BCUT2D eigenvalue weighted by atomic mass is 32.2. The Bertz CT molecular complexity index is 449.